The van der Waals surface area contributed by atoms with Gasteiger partial charge in [0.05, 0.1) is 5.70 Å². The Labute approximate surface area is 163 Å². The minimum Gasteiger partial charge on any atom is -0.434 e. The van der Waals surface area contributed by atoms with Crippen molar-refractivity contribution in [2.24, 2.45) is 0 Å². The van der Waals surface area contributed by atoms with Gasteiger partial charge in [-0.05, 0) is 35.9 Å². The maximum Gasteiger partial charge on any atom is 0.387 e. The van der Waals surface area contributed by atoms with E-state index in [0.29, 0.717) is 27.3 Å². The highest BCUT2D eigenvalue weighted by Crippen LogP contribution is 2.38. The summed E-state index contributed by atoms with van der Waals surface area (Å²) in [5, 5.41) is 8.30. The molecule has 0 bridgehead atoms. The van der Waals surface area contributed by atoms with Crippen LogP contribution in [0, 0.1) is 0 Å². The van der Waals surface area contributed by atoms with Crippen LogP contribution >= 0.6 is 23.2 Å². The van der Waals surface area contributed by atoms with Crippen molar-refractivity contribution < 1.29 is 13.5 Å². The number of halogens is 4. The van der Waals surface area contributed by atoms with E-state index in [1.807, 2.05) is 6.08 Å². The number of allylic oxidation sites excluding steroid dienone is 1. The van der Waals surface area contributed by atoms with Gasteiger partial charge in [-0.3, -0.25) is 0 Å². The Kier molecular flexibility index (Phi) is 4.72. The Morgan fingerprint density at radius 2 is 1.96 bits per heavy atom. The number of hydrogen-bond donors (Lipinski definition) is 1. The van der Waals surface area contributed by atoms with E-state index < -0.39 is 12.7 Å². The number of fused-ring (bicyclic) bond motifs is 1. The summed E-state index contributed by atoms with van der Waals surface area (Å²) in [4.78, 5) is 4.19. The maximum atomic E-state index is 12.8. The van der Waals surface area contributed by atoms with E-state index in [1.54, 1.807) is 41.1 Å². The second kappa shape index (κ2) is 7.17. The highest BCUT2D eigenvalue weighted by Gasteiger charge is 2.26. The van der Waals surface area contributed by atoms with Crippen molar-refractivity contribution in [2.75, 3.05) is 5.32 Å². The zero-order valence-electron chi connectivity index (χ0n) is 13.6. The van der Waals surface area contributed by atoms with Crippen molar-refractivity contribution in [2.45, 2.75) is 12.7 Å². The molecular formula is C18H12Cl2F2N4O. The first-order chi connectivity index (χ1) is 13.0. The van der Waals surface area contributed by atoms with Gasteiger partial charge in [0.15, 0.2) is 0 Å². The topological polar surface area (TPSA) is 52.0 Å². The van der Waals surface area contributed by atoms with Crippen molar-refractivity contribution in [3.05, 3.63) is 76.0 Å². The number of nitrogens with one attached hydrogen (secondary N) is 1. The van der Waals surface area contributed by atoms with Crippen molar-refractivity contribution in [1.29, 1.82) is 0 Å². The average Bonchev–Trinajstić information content (AvgIpc) is 3.10. The van der Waals surface area contributed by atoms with E-state index in [0.717, 1.165) is 5.56 Å². The van der Waals surface area contributed by atoms with Crippen LogP contribution in [-0.2, 0) is 0 Å². The molecule has 9 heteroatoms. The zero-order chi connectivity index (χ0) is 19.0. The molecule has 2 heterocycles. The lowest BCUT2D eigenvalue weighted by Gasteiger charge is -2.25. The molecule has 0 spiro atoms. The quantitative estimate of drug-likeness (QED) is 0.640. The van der Waals surface area contributed by atoms with Crippen LogP contribution in [0.3, 0.4) is 0 Å². The molecule has 0 unspecified atom stereocenters. The Morgan fingerprint density at radius 3 is 2.74 bits per heavy atom. The van der Waals surface area contributed by atoms with Gasteiger partial charge in [-0.15, -0.1) is 0 Å². The van der Waals surface area contributed by atoms with E-state index in [-0.39, 0.29) is 5.75 Å². The monoisotopic (exact) mass is 408 g/mol. The number of nitrogens with zero attached hydrogens (tertiary/aromatic N) is 3. The zero-order valence-corrected chi connectivity index (χ0v) is 15.1. The molecule has 4 rings (SSSR count). The molecule has 5 nitrogen and oxygen atoms in total. The second-order valence-electron chi connectivity index (χ2n) is 5.72. The van der Waals surface area contributed by atoms with Gasteiger partial charge in [-0.2, -0.15) is 18.9 Å². The van der Waals surface area contributed by atoms with Gasteiger partial charge in [-0.1, -0.05) is 41.4 Å². The standard InChI is InChI=1S/C18H12Cl2F2N4O/c19-10-5-6-11(13(20)7-10)15-8-14(25-18-23-9-24-26(15)18)12-3-1-2-4-16(12)27-17(21)22/h1-9,15,17H,(H,23,24,25)/t15-/m1/s1. The molecule has 0 radical (unpaired) electrons. The van der Waals surface area contributed by atoms with Gasteiger partial charge in [0, 0.05) is 15.6 Å². The SMILES string of the molecule is FC(F)Oc1ccccc1C1=C[C@H](c2ccc(Cl)cc2Cl)n2ncnc2N1. The smallest absolute Gasteiger partial charge is 0.387 e. The van der Waals surface area contributed by atoms with Crippen LogP contribution in [0.25, 0.3) is 5.70 Å². The third-order valence-corrected chi connectivity index (χ3v) is 4.64. The lowest BCUT2D eigenvalue weighted by molar-refractivity contribution is -0.0500. The summed E-state index contributed by atoms with van der Waals surface area (Å²) in [5.74, 6) is 0.510. The average molecular weight is 409 g/mol. The Morgan fingerprint density at radius 1 is 1.15 bits per heavy atom. The predicted molar refractivity (Wildman–Crippen MR) is 99.3 cm³/mol. The minimum absolute atomic E-state index is 0.0557. The first-order valence-electron chi connectivity index (χ1n) is 7.90. The summed E-state index contributed by atoms with van der Waals surface area (Å²) < 4.78 is 31.8. The Bertz CT molecular complexity index is 1020. The van der Waals surface area contributed by atoms with Crippen LogP contribution in [0.5, 0.6) is 5.75 Å². The van der Waals surface area contributed by atoms with Crippen LogP contribution in [0.4, 0.5) is 14.7 Å². The van der Waals surface area contributed by atoms with E-state index >= 15 is 0 Å². The molecule has 1 aliphatic rings. The number of alkyl halides is 2. The molecule has 0 amide bonds. The fraction of sp³-hybridized carbons (Fsp3) is 0.111. The molecule has 3 aromatic rings. The molecule has 27 heavy (non-hydrogen) atoms. The van der Waals surface area contributed by atoms with Crippen molar-refractivity contribution in [3.8, 4) is 5.75 Å². The molecule has 1 aliphatic heterocycles. The van der Waals surface area contributed by atoms with Gasteiger partial charge in [0.25, 0.3) is 0 Å². The number of ether oxygens (including phenoxy) is 1. The fourth-order valence-electron chi connectivity index (χ4n) is 2.94. The molecule has 1 N–H and O–H groups in total. The normalized spacial score (nSPS) is 15.9. The van der Waals surface area contributed by atoms with Crippen molar-refractivity contribution in [3.63, 3.8) is 0 Å². The number of benzene rings is 2. The summed E-state index contributed by atoms with van der Waals surface area (Å²) in [6.07, 6.45) is 3.22. The molecule has 0 saturated heterocycles. The molecule has 2 aromatic carbocycles. The molecule has 1 atom stereocenters. The van der Waals surface area contributed by atoms with Crippen LogP contribution < -0.4 is 10.1 Å². The van der Waals surface area contributed by atoms with Gasteiger partial charge in [0.2, 0.25) is 5.95 Å². The van der Waals surface area contributed by atoms with E-state index in [4.69, 9.17) is 23.2 Å². The van der Waals surface area contributed by atoms with E-state index in [1.165, 1.54) is 12.4 Å². The van der Waals surface area contributed by atoms with Gasteiger partial charge < -0.3 is 10.1 Å². The summed E-state index contributed by atoms with van der Waals surface area (Å²) in [5.41, 5.74) is 1.78. The fourth-order valence-corrected chi connectivity index (χ4v) is 3.46. The van der Waals surface area contributed by atoms with Gasteiger partial charge >= 0.3 is 6.61 Å². The first kappa shape index (κ1) is 17.8. The maximum absolute atomic E-state index is 12.8. The van der Waals surface area contributed by atoms with E-state index in [9.17, 15) is 8.78 Å². The van der Waals surface area contributed by atoms with Crippen LogP contribution in [0.1, 0.15) is 17.2 Å². The third kappa shape index (κ3) is 3.48. The molecular weight excluding hydrogens is 397 g/mol. The second-order valence-corrected chi connectivity index (χ2v) is 6.56. The Hall–Kier alpha value is -2.64. The van der Waals surface area contributed by atoms with Crippen molar-refractivity contribution >= 4 is 34.8 Å². The first-order valence-corrected chi connectivity index (χ1v) is 8.66. The summed E-state index contributed by atoms with van der Waals surface area (Å²) >= 11 is 12.4. The van der Waals surface area contributed by atoms with Crippen LogP contribution in [0.15, 0.2) is 54.9 Å². The summed E-state index contributed by atoms with van der Waals surface area (Å²) in [7, 11) is 0. The van der Waals surface area contributed by atoms with Crippen LogP contribution in [0.2, 0.25) is 10.0 Å². The number of aromatic nitrogens is 3. The number of anilines is 1. The third-order valence-electron chi connectivity index (χ3n) is 4.08. The summed E-state index contributed by atoms with van der Waals surface area (Å²) in [6.45, 7) is -2.93. The van der Waals surface area contributed by atoms with Crippen molar-refractivity contribution in [1.82, 2.24) is 14.8 Å². The van der Waals surface area contributed by atoms with E-state index in [2.05, 4.69) is 20.1 Å². The number of hydrogen-bond acceptors (Lipinski definition) is 4. The number of rotatable bonds is 4. The van der Waals surface area contributed by atoms with Gasteiger partial charge in [0.1, 0.15) is 18.1 Å². The Balaban J connectivity index is 1.83. The van der Waals surface area contributed by atoms with Gasteiger partial charge in [-0.25, -0.2) is 4.68 Å². The number of para-hydroxylation sites is 1. The largest absolute Gasteiger partial charge is 0.434 e. The minimum atomic E-state index is -2.93. The molecule has 0 saturated carbocycles. The highest BCUT2D eigenvalue weighted by molar-refractivity contribution is 6.35. The summed E-state index contributed by atoms with van der Waals surface area (Å²) in [6, 6.07) is 11.3. The molecule has 0 aliphatic carbocycles. The lowest BCUT2D eigenvalue weighted by atomic mass is 10.0. The molecule has 138 valence electrons. The lowest BCUT2D eigenvalue weighted by Crippen LogP contribution is -2.21. The predicted octanol–water partition coefficient (Wildman–Crippen LogP) is 5.24. The molecule has 0 fully saturated rings. The van der Waals surface area contributed by atoms with Crippen LogP contribution in [-0.4, -0.2) is 21.4 Å². The molecule has 1 aromatic heterocycles. The highest BCUT2D eigenvalue weighted by atomic mass is 35.5.